The minimum Gasteiger partial charge on any atom is -0.308 e. The van der Waals surface area contributed by atoms with Crippen molar-refractivity contribution in [1.29, 1.82) is 0 Å². The average molecular weight is 269 g/mol. The molecule has 0 bridgehead atoms. The van der Waals surface area contributed by atoms with Crippen molar-refractivity contribution in [2.45, 2.75) is 33.7 Å². The molecule has 3 heteroatoms. The Morgan fingerprint density at radius 3 is 2.50 bits per heavy atom. The van der Waals surface area contributed by atoms with Crippen molar-refractivity contribution in [3.8, 4) is 11.3 Å². The first kappa shape index (κ1) is 14.3. The largest absolute Gasteiger partial charge is 0.308 e. The van der Waals surface area contributed by atoms with Crippen molar-refractivity contribution in [2.24, 2.45) is 0 Å². The van der Waals surface area contributed by atoms with Gasteiger partial charge in [-0.15, -0.1) is 0 Å². The monoisotopic (exact) mass is 269 g/mol. The third-order valence-corrected chi connectivity index (χ3v) is 3.44. The van der Waals surface area contributed by atoms with Crippen molar-refractivity contribution < 1.29 is 4.79 Å². The van der Waals surface area contributed by atoms with Crippen LogP contribution in [0, 0.1) is 13.8 Å². The number of benzene rings is 1. The third kappa shape index (κ3) is 2.57. The van der Waals surface area contributed by atoms with Gasteiger partial charge in [0.1, 0.15) is 0 Å². The summed E-state index contributed by atoms with van der Waals surface area (Å²) in [5, 5.41) is 0. The maximum absolute atomic E-state index is 12.3. The van der Waals surface area contributed by atoms with E-state index < -0.39 is 0 Å². The number of rotatable bonds is 4. The maximum atomic E-state index is 12.3. The van der Waals surface area contributed by atoms with Crippen molar-refractivity contribution in [2.75, 3.05) is 0 Å². The van der Waals surface area contributed by atoms with Crippen molar-refractivity contribution >= 4 is 6.29 Å². The predicted molar refractivity (Wildman–Crippen MR) is 81.3 cm³/mol. The Kier molecular flexibility index (Phi) is 4.18. The molecule has 0 spiro atoms. The van der Waals surface area contributed by atoms with Gasteiger partial charge >= 0.3 is 0 Å². The summed E-state index contributed by atoms with van der Waals surface area (Å²) in [6.45, 7) is 6.72. The predicted octanol–water partition coefficient (Wildman–Crippen LogP) is 3.35. The summed E-state index contributed by atoms with van der Waals surface area (Å²) < 4.78 is 1.70. The maximum Gasteiger partial charge on any atom is 0.261 e. The molecule has 3 nitrogen and oxygen atoms in total. The normalized spacial score (nSPS) is 10.6. The van der Waals surface area contributed by atoms with Crippen LogP contribution >= 0.6 is 0 Å². The lowest BCUT2D eigenvalue weighted by atomic mass is 10.0. The zero-order valence-electron chi connectivity index (χ0n) is 12.1. The van der Waals surface area contributed by atoms with Crippen LogP contribution in [0.5, 0.6) is 0 Å². The molecule has 0 fully saturated rings. The highest BCUT2D eigenvalue weighted by molar-refractivity contribution is 5.75. The van der Waals surface area contributed by atoms with Crippen molar-refractivity contribution in [3.63, 3.8) is 0 Å². The molecule has 20 heavy (non-hydrogen) atoms. The molecule has 104 valence electrons. The number of hydrogen-bond donors (Lipinski definition) is 0. The van der Waals surface area contributed by atoms with Crippen LogP contribution in [0.25, 0.3) is 11.3 Å². The fraction of sp³-hybridized carbons (Fsp3) is 0.294. The smallest absolute Gasteiger partial charge is 0.261 e. The Bertz CT molecular complexity index is 699. The van der Waals surface area contributed by atoms with Crippen LogP contribution in [0.15, 0.2) is 35.1 Å². The number of hydrogen-bond acceptors (Lipinski definition) is 2. The summed E-state index contributed by atoms with van der Waals surface area (Å²) in [7, 11) is 0. The van der Waals surface area contributed by atoms with Gasteiger partial charge in [0.05, 0.1) is 11.3 Å². The lowest BCUT2D eigenvalue weighted by Crippen LogP contribution is -2.25. The van der Waals surface area contributed by atoms with Gasteiger partial charge in [-0.25, -0.2) is 0 Å². The van der Waals surface area contributed by atoms with Crippen LogP contribution < -0.4 is 5.56 Å². The molecule has 0 amide bonds. The van der Waals surface area contributed by atoms with E-state index in [1.54, 1.807) is 10.6 Å². The summed E-state index contributed by atoms with van der Waals surface area (Å²) in [5.74, 6) is 0. The molecule has 1 aromatic heterocycles. The molecule has 2 rings (SSSR count). The van der Waals surface area contributed by atoms with Crippen LogP contribution in [-0.4, -0.2) is 10.9 Å². The number of aryl methyl sites for hydroxylation is 2. The standard InChI is InChI=1S/C17H19NO2/c1-4-9-18-16(8-6-14(11-19)17(18)20)15-7-5-12(2)10-13(15)3/h5-8,10-11H,4,9H2,1-3H3. The van der Waals surface area contributed by atoms with Gasteiger partial charge in [0.2, 0.25) is 0 Å². The van der Waals surface area contributed by atoms with Gasteiger partial charge in [-0.3, -0.25) is 9.59 Å². The molecule has 0 N–H and O–H groups in total. The molecule has 0 aliphatic heterocycles. The second-order valence-corrected chi connectivity index (χ2v) is 5.07. The van der Waals surface area contributed by atoms with Crippen LogP contribution in [0.1, 0.15) is 34.8 Å². The zero-order chi connectivity index (χ0) is 14.7. The van der Waals surface area contributed by atoms with Gasteiger partial charge in [0, 0.05) is 12.1 Å². The topological polar surface area (TPSA) is 39.1 Å². The van der Waals surface area contributed by atoms with E-state index in [0.29, 0.717) is 12.8 Å². The highest BCUT2D eigenvalue weighted by Crippen LogP contribution is 2.23. The van der Waals surface area contributed by atoms with Crippen LogP contribution in [0.3, 0.4) is 0 Å². The first-order chi connectivity index (χ1) is 9.58. The quantitative estimate of drug-likeness (QED) is 0.798. The Balaban J connectivity index is 2.70. The van der Waals surface area contributed by atoms with Gasteiger partial charge < -0.3 is 4.57 Å². The molecule has 0 saturated carbocycles. The fourth-order valence-electron chi connectivity index (χ4n) is 2.47. The SMILES string of the molecule is CCCn1c(-c2ccc(C)cc2C)ccc(C=O)c1=O. The molecular formula is C17H19NO2. The molecule has 2 aromatic rings. The molecule has 0 aliphatic carbocycles. The van der Waals surface area contributed by atoms with Gasteiger partial charge in [-0.1, -0.05) is 30.7 Å². The lowest BCUT2D eigenvalue weighted by Gasteiger charge is -2.15. The summed E-state index contributed by atoms with van der Waals surface area (Å²) in [5.41, 5.74) is 4.25. The Hall–Kier alpha value is -2.16. The van der Waals surface area contributed by atoms with E-state index in [4.69, 9.17) is 0 Å². The number of carbonyl (C=O) groups excluding carboxylic acids is 1. The van der Waals surface area contributed by atoms with E-state index in [-0.39, 0.29) is 11.1 Å². The molecule has 0 unspecified atom stereocenters. The summed E-state index contributed by atoms with van der Waals surface area (Å²) in [6.07, 6.45) is 1.47. The second-order valence-electron chi connectivity index (χ2n) is 5.07. The molecular weight excluding hydrogens is 250 g/mol. The van der Waals surface area contributed by atoms with Crippen LogP contribution in [0.2, 0.25) is 0 Å². The first-order valence-electron chi connectivity index (χ1n) is 6.85. The van der Waals surface area contributed by atoms with Crippen LogP contribution in [0.4, 0.5) is 0 Å². The third-order valence-electron chi connectivity index (χ3n) is 3.44. The van der Waals surface area contributed by atoms with E-state index >= 15 is 0 Å². The van der Waals surface area contributed by atoms with Crippen molar-refractivity contribution in [3.05, 3.63) is 57.4 Å². The molecule has 0 saturated heterocycles. The van der Waals surface area contributed by atoms with E-state index in [2.05, 4.69) is 6.07 Å². The molecule has 0 radical (unpaired) electrons. The summed E-state index contributed by atoms with van der Waals surface area (Å²) >= 11 is 0. The number of carbonyl (C=O) groups is 1. The highest BCUT2D eigenvalue weighted by Gasteiger charge is 2.11. The van der Waals surface area contributed by atoms with E-state index in [1.165, 1.54) is 5.56 Å². The van der Waals surface area contributed by atoms with Gasteiger partial charge in [0.15, 0.2) is 6.29 Å². The van der Waals surface area contributed by atoms with Crippen LogP contribution in [-0.2, 0) is 6.54 Å². The Labute approximate surface area is 118 Å². The van der Waals surface area contributed by atoms with Crippen molar-refractivity contribution in [1.82, 2.24) is 4.57 Å². The van der Waals surface area contributed by atoms with E-state index in [9.17, 15) is 9.59 Å². The lowest BCUT2D eigenvalue weighted by molar-refractivity contribution is 0.112. The number of pyridine rings is 1. The molecule has 0 atom stereocenters. The van der Waals surface area contributed by atoms with E-state index in [1.807, 2.05) is 39.0 Å². The van der Waals surface area contributed by atoms with Gasteiger partial charge in [-0.05, 0) is 38.0 Å². The summed E-state index contributed by atoms with van der Waals surface area (Å²) in [4.78, 5) is 23.2. The van der Waals surface area contributed by atoms with E-state index in [0.717, 1.165) is 23.2 Å². The Morgan fingerprint density at radius 1 is 1.15 bits per heavy atom. The molecule has 0 aliphatic rings. The highest BCUT2D eigenvalue weighted by atomic mass is 16.1. The second kappa shape index (κ2) is 5.87. The minimum atomic E-state index is -0.209. The minimum absolute atomic E-state index is 0.209. The average Bonchev–Trinajstić information content (AvgIpc) is 2.42. The number of nitrogens with zero attached hydrogens (tertiary/aromatic N) is 1. The fourth-order valence-corrected chi connectivity index (χ4v) is 2.47. The molecule has 1 aromatic carbocycles. The van der Waals surface area contributed by atoms with Gasteiger partial charge in [-0.2, -0.15) is 0 Å². The first-order valence-corrected chi connectivity index (χ1v) is 6.85. The zero-order valence-corrected chi connectivity index (χ0v) is 12.1. The number of aldehydes is 1. The summed E-state index contributed by atoms with van der Waals surface area (Å²) in [6, 6.07) is 9.64. The molecule has 1 heterocycles. The number of aromatic nitrogens is 1. The Morgan fingerprint density at radius 2 is 1.90 bits per heavy atom. The van der Waals surface area contributed by atoms with Gasteiger partial charge in [0.25, 0.3) is 5.56 Å².